The molecule has 1 aromatic rings. The van der Waals surface area contributed by atoms with E-state index in [1.165, 1.54) is 0 Å². The third-order valence-electron chi connectivity index (χ3n) is 4.31. The van der Waals surface area contributed by atoms with E-state index in [0.29, 0.717) is 19.4 Å². The van der Waals surface area contributed by atoms with Gasteiger partial charge >= 0.3 is 5.97 Å². The molecule has 0 spiro atoms. The van der Waals surface area contributed by atoms with Gasteiger partial charge in [0.15, 0.2) is 0 Å². The summed E-state index contributed by atoms with van der Waals surface area (Å²) < 4.78 is 32.4. The molecule has 1 aliphatic rings. The Morgan fingerprint density at radius 2 is 2.13 bits per heavy atom. The normalized spacial score (nSPS) is 22.9. The van der Waals surface area contributed by atoms with E-state index in [2.05, 4.69) is 4.72 Å². The van der Waals surface area contributed by atoms with Gasteiger partial charge in [0.2, 0.25) is 10.0 Å². The number of hydrogen-bond acceptors (Lipinski definition) is 4. The Kier molecular flexibility index (Phi) is 5.78. The van der Waals surface area contributed by atoms with Crippen LogP contribution in [0.25, 0.3) is 0 Å². The molecule has 0 saturated carbocycles. The fourth-order valence-electron chi connectivity index (χ4n) is 2.79. The zero-order valence-corrected chi connectivity index (χ0v) is 14.2. The van der Waals surface area contributed by atoms with E-state index in [1.807, 2.05) is 31.2 Å². The number of ether oxygens (including phenoxy) is 1. The van der Waals surface area contributed by atoms with E-state index < -0.39 is 27.2 Å². The first-order chi connectivity index (χ1) is 10.8. The van der Waals surface area contributed by atoms with Gasteiger partial charge in [-0.15, -0.1) is 0 Å². The standard InChI is InChI=1S/C16H23NO5S/c1-11-5-3-4-6-13(11)9-14(16(18)19)10-17-23(20,21)15-7-8-22-12(15)2/h3-6,12,14-15,17H,7-10H2,1-2H3,(H,18,19). The van der Waals surface area contributed by atoms with Crippen molar-refractivity contribution in [2.24, 2.45) is 5.92 Å². The predicted octanol–water partition coefficient (Wildman–Crippen LogP) is 1.34. The molecule has 0 radical (unpaired) electrons. The summed E-state index contributed by atoms with van der Waals surface area (Å²) in [5.41, 5.74) is 1.91. The number of sulfonamides is 1. The third-order valence-corrected chi connectivity index (χ3v) is 6.30. The van der Waals surface area contributed by atoms with E-state index in [-0.39, 0.29) is 12.6 Å². The van der Waals surface area contributed by atoms with Crippen LogP contribution < -0.4 is 4.72 Å². The smallest absolute Gasteiger partial charge is 0.308 e. The van der Waals surface area contributed by atoms with Gasteiger partial charge in [0.1, 0.15) is 5.25 Å². The van der Waals surface area contributed by atoms with Gasteiger partial charge in [-0.1, -0.05) is 24.3 Å². The fourth-order valence-corrected chi connectivity index (χ4v) is 4.43. The Balaban J connectivity index is 2.03. The average Bonchev–Trinajstić information content (AvgIpc) is 2.92. The second-order valence-electron chi connectivity index (χ2n) is 5.96. The van der Waals surface area contributed by atoms with Crippen LogP contribution in [0.15, 0.2) is 24.3 Å². The molecule has 23 heavy (non-hydrogen) atoms. The van der Waals surface area contributed by atoms with Crippen molar-refractivity contribution in [2.45, 2.75) is 38.0 Å². The minimum atomic E-state index is -3.58. The number of aliphatic carboxylic acids is 1. The Morgan fingerprint density at radius 1 is 1.43 bits per heavy atom. The highest BCUT2D eigenvalue weighted by Gasteiger charge is 2.36. The van der Waals surface area contributed by atoms with Gasteiger partial charge in [-0.05, 0) is 37.8 Å². The molecule has 0 aliphatic carbocycles. The molecule has 3 atom stereocenters. The van der Waals surface area contributed by atoms with Crippen LogP contribution in [0, 0.1) is 12.8 Å². The van der Waals surface area contributed by atoms with E-state index in [9.17, 15) is 18.3 Å². The van der Waals surface area contributed by atoms with Crippen molar-refractivity contribution in [1.29, 1.82) is 0 Å². The number of rotatable bonds is 7. The van der Waals surface area contributed by atoms with Crippen LogP contribution in [0.5, 0.6) is 0 Å². The van der Waals surface area contributed by atoms with Crippen LogP contribution in [-0.2, 0) is 26.0 Å². The minimum absolute atomic E-state index is 0.116. The van der Waals surface area contributed by atoms with Crippen LogP contribution >= 0.6 is 0 Å². The number of carboxylic acid groups (broad SMARTS) is 1. The molecule has 2 rings (SSSR count). The molecule has 3 unspecified atom stereocenters. The lowest BCUT2D eigenvalue weighted by atomic mass is 9.96. The van der Waals surface area contributed by atoms with Crippen molar-refractivity contribution < 1.29 is 23.1 Å². The summed E-state index contributed by atoms with van der Waals surface area (Å²) >= 11 is 0. The molecule has 0 aromatic heterocycles. The summed E-state index contributed by atoms with van der Waals surface area (Å²) in [6.07, 6.45) is 0.361. The molecule has 1 fully saturated rings. The summed E-state index contributed by atoms with van der Waals surface area (Å²) in [5, 5.41) is 8.76. The van der Waals surface area contributed by atoms with Gasteiger partial charge < -0.3 is 9.84 Å². The molecular weight excluding hydrogens is 318 g/mol. The van der Waals surface area contributed by atoms with Crippen LogP contribution in [0.4, 0.5) is 0 Å². The molecular formula is C16H23NO5S. The minimum Gasteiger partial charge on any atom is -0.481 e. The van der Waals surface area contributed by atoms with Crippen LogP contribution in [0.2, 0.25) is 0 Å². The summed E-state index contributed by atoms with van der Waals surface area (Å²) in [4.78, 5) is 11.5. The van der Waals surface area contributed by atoms with Crippen molar-refractivity contribution in [2.75, 3.05) is 13.2 Å². The average molecular weight is 341 g/mol. The second-order valence-corrected chi connectivity index (χ2v) is 7.95. The van der Waals surface area contributed by atoms with Crippen molar-refractivity contribution in [3.05, 3.63) is 35.4 Å². The first kappa shape index (κ1) is 17.9. The van der Waals surface area contributed by atoms with Crippen LogP contribution in [-0.4, -0.2) is 44.0 Å². The topological polar surface area (TPSA) is 92.7 Å². The highest BCUT2D eigenvalue weighted by Crippen LogP contribution is 2.20. The molecule has 1 saturated heterocycles. The zero-order chi connectivity index (χ0) is 17.0. The second kappa shape index (κ2) is 7.42. The number of benzene rings is 1. The maximum atomic E-state index is 12.3. The van der Waals surface area contributed by atoms with E-state index in [0.717, 1.165) is 11.1 Å². The van der Waals surface area contributed by atoms with Gasteiger partial charge in [0.25, 0.3) is 0 Å². The molecule has 0 bridgehead atoms. The zero-order valence-electron chi connectivity index (χ0n) is 13.4. The molecule has 128 valence electrons. The van der Waals surface area contributed by atoms with E-state index in [4.69, 9.17) is 4.74 Å². The largest absolute Gasteiger partial charge is 0.481 e. The van der Waals surface area contributed by atoms with Crippen molar-refractivity contribution in [3.63, 3.8) is 0 Å². The summed E-state index contributed by atoms with van der Waals surface area (Å²) in [6, 6.07) is 7.52. The Hall–Kier alpha value is -1.44. The summed E-state index contributed by atoms with van der Waals surface area (Å²) in [7, 11) is -3.58. The van der Waals surface area contributed by atoms with Crippen LogP contribution in [0.1, 0.15) is 24.5 Å². The quantitative estimate of drug-likeness (QED) is 0.781. The SMILES string of the molecule is Cc1ccccc1CC(CNS(=O)(=O)C1CCOC1C)C(=O)O. The molecule has 1 aliphatic heterocycles. The summed E-state index contributed by atoms with van der Waals surface area (Å²) in [5.74, 6) is -1.81. The van der Waals surface area contributed by atoms with Gasteiger partial charge in [-0.25, -0.2) is 13.1 Å². The number of aryl methyl sites for hydroxylation is 1. The third kappa shape index (κ3) is 4.53. The Morgan fingerprint density at radius 3 is 2.70 bits per heavy atom. The first-order valence-corrected chi connectivity index (χ1v) is 9.23. The highest BCUT2D eigenvalue weighted by molar-refractivity contribution is 7.90. The fraction of sp³-hybridized carbons (Fsp3) is 0.562. The van der Waals surface area contributed by atoms with Crippen molar-refractivity contribution in [3.8, 4) is 0 Å². The number of hydrogen-bond donors (Lipinski definition) is 2. The first-order valence-electron chi connectivity index (χ1n) is 7.68. The lowest BCUT2D eigenvalue weighted by molar-refractivity contribution is -0.141. The lowest BCUT2D eigenvalue weighted by Gasteiger charge is -2.19. The maximum absolute atomic E-state index is 12.3. The monoisotopic (exact) mass is 341 g/mol. The maximum Gasteiger partial charge on any atom is 0.308 e. The molecule has 1 heterocycles. The van der Waals surface area contributed by atoms with Crippen LogP contribution in [0.3, 0.4) is 0 Å². The number of carbonyl (C=O) groups is 1. The van der Waals surface area contributed by atoms with Gasteiger partial charge in [0.05, 0.1) is 12.0 Å². The number of carboxylic acids is 1. The Labute approximate surface area is 136 Å². The molecule has 1 aromatic carbocycles. The predicted molar refractivity (Wildman–Crippen MR) is 86.8 cm³/mol. The Bertz CT molecular complexity index is 658. The molecule has 7 heteroatoms. The summed E-state index contributed by atoms with van der Waals surface area (Å²) in [6.45, 7) is 3.93. The molecule has 0 amide bonds. The molecule has 2 N–H and O–H groups in total. The van der Waals surface area contributed by atoms with Crippen molar-refractivity contribution >= 4 is 16.0 Å². The number of nitrogens with one attached hydrogen (secondary N) is 1. The van der Waals surface area contributed by atoms with Crippen molar-refractivity contribution in [1.82, 2.24) is 4.72 Å². The van der Waals surface area contributed by atoms with E-state index >= 15 is 0 Å². The highest BCUT2D eigenvalue weighted by atomic mass is 32.2. The lowest BCUT2D eigenvalue weighted by Crippen LogP contribution is -2.42. The van der Waals surface area contributed by atoms with Gasteiger partial charge in [-0.3, -0.25) is 4.79 Å². The van der Waals surface area contributed by atoms with Gasteiger partial charge in [0, 0.05) is 13.2 Å². The van der Waals surface area contributed by atoms with E-state index in [1.54, 1.807) is 6.92 Å². The van der Waals surface area contributed by atoms with Gasteiger partial charge in [-0.2, -0.15) is 0 Å². The molecule has 6 nitrogen and oxygen atoms in total.